The van der Waals surface area contributed by atoms with E-state index in [2.05, 4.69) is 32.1 Å². The summed E-state index contributed by atoms with van der Waals surface area (Å²) in [7, 11) is 0. The number of aliphatic hydroxyl groups is 2. The van der Waals surface area contributed by atoms with Crippen molar-refractivity contribution < 1.29 is 19.7 Å². The molecule has 5 nitrogen and oxygen atoms in total. The van der Waals surface area contributed by atoms with Crippen LogP contribution in [0.25, 0.3) is 0 Å². The lowest BCUT2D eigenvalue weighted by Gasteiger charge is -2.44. The Morgan fingerprint density at radius 1 is 1.33 bits per heavy atom. The number of hydrogen-bond donors (Lipinski definition) is 2. The molecule has 2 aliphatic carbocycles. The number of carbonyl (C=O) groups excluding carboxylic acids is 1. The van der Waals surface area contributed by atoms with Crippen molar-refractivity contribution in [1.82, 2.24) is 0 Å². The molecule has 5 heteroatoms. The molecule has 0 saturated heterocycles. The van der Waals surface area contributed by atoms with Crippen LogP contribution in [-0.2, 0) is 9.53 Å². The summed E-state index contributed by atoms with van der Waals surface area (Å²) in [6.07, 6.45) is 8.27. The third kappa shape index (κ3) is 6.18. The van der Waals surface area contributed by atoms with Gasteiger partial charge < -0.3 is 14.9 Å². The van der Waals surface area contributed by atoms with Gasteiger partial charge in [0.2, 0.25) is 0 Å². The van der Waals surface area contributed by atoms with Gasteiger partial charge >= 0.3 is 5.97 Å². The molecule has 2 aliphatic rings. The van der Waals surface area contributed by atoms with Crippen molar-refractivity contribution in [2.75, 3.05) is 0 Å². The van der Waals surface area contributed by atoms with Crippen molar-refractivity contribution in [3.63, 3.8) is 0 Å². The molecule has 0 saturated carbocycles. The predicted molar refractivity (Wildman–Crippen MR) is 117 cm³/mol. The minimum atomic E-state index is -0.787. The second kappa shape index (κ2) is 10.6. The highest BCUT2D eigenvalue weighted by molar-refractivity contribution is 5.76. The van der Waals surface area contributed by atoms with Gasteiger partial charge in [0.25, 0.3) is 0 Å². The van der Waals surface area contributed by atoms with E-state index in [4.69, 9.17) is 10.00 Å². The number of esters is 1. The van der Waals surface area contributed by atoms with Crippen LogP contribution in [0.4, 0.5) is 0 Å². The Bertz CT molecular complexity index is 690. The molecule has 0 aromatic rings. The average Bonchev–Trinajstić information content (AvgIpc) is 2.67. The van der Waals surface area contributed by atoms with Gasteiger partial charge in [-0.25, -0.2) is 0 Å². The van der Waals surface area contributed by atoms with Crippen LogP contribution in [0.2, 0.25) is 0 Å². The largest absolute Gasteiger partial charge is 0.461 e. The summed E-state index contributed by atoms with van der Waals surface area (Å²) in [6, 6.07) is 1.94. The summed E-state index contributed by atoms with van der Waals surface area (Å²) >= 11 is 0. The smallest absolute Gasteiger partial charge is 0.311 e. The summed E-state index contributed by atoms with van der Waals surface area (Å²) in [6.45, 7) is 10.2. The number of rotatable bonds is 9. The van der Waals surface area contributed by atoms with Gasteiger partial charge in [-0.2, -0.15) is 5.26 Å². The third-order valence-electron chi connectivity index (χ3n) is 6.99. The second-order valence-electron chi connectivity index (χ2n) is 9.95. The zero-order valence-electron chi connectivity index (χ0n) is 19.2. The first-order chi connectivity index (χ1) is 14.1. The molecule has 0 heterocycles. The van der Waals surface area contributed by atoms with Crippen molar-refractivity contribution >= 4 is 5.97 Å². The van der Waals surface area contributed by atoms with Gasteiger partial charge in [0.15, 0.2) is 0 Å². The lowest BCUT2D eigenvalue weighted by atomic mass is 9.65. The molecule has 0 unspecified atom stereocenters. The lowest BCUT2D eigenvalue weighted by Crippen LogP contribution is -2.43. The number of ether oxygens (including phenoxy) is 1. The third-order valence-corrected chi connectivity index (χ3v) is 6.99. The average molecular weight is 418 g/mol. The van der Waals surface area contributed by atoms with E-state index in [9.17, 15) is 15.0 Å². The molecule has 0 radical (unpaired) electrons. The van der Waals surface area contributed by atoms with Gasteiger partial charge in [0.1, 0.15) is 6.10 Å². The van der Waals surface area contributed by atoms with Crippen molar-refractivity contribution in [3.8, 4) is 6.07 Å². The molecule has 30 heavy (non-hydrogen) atoms. The molecule has 0 aliphatic heterocycles. The van der Waals surface area contributed by atoms with Crippen molar-refractivity contribution in [2.45, 2.75) is 91.5 Å². The van der Waals surface area contributed by atoms with Gasteiger partial charge in [-0.1, -0.05) is 39.0 Å². The van der Waals surface area contributed by atoms with E-state index in [-0.39, 0.29) is 36.8 Å². The quantitative estimate of drug-likeness (QED) is 0.537. The fourth-order valence-electron chi connectivity index (χ4n) is 4.67. The van der Waals surface area contributed by atoms with Gasteiger partial charge in [0, 0.05) is 12.3 Å². The maximum absolute atomic E-state index is 12.8. The summed E-state index contributed by atoms with van der Waals surface area (Å²) in [5, 5.41) is 28.9. The van der Waals surface area contributed by atoms with E-state index in [1.807, 2.05) is 26.8 Å². The Morgan fingerprint density at radius 2 is 2.03 bits per heavy atom. The number of aliphatic hydroxyl groups excluding tert-OH is 2. The Labute approximate surface area is 181 Å². The van der Waals surface area contributed by atoms with Gasteiger partial charge in [-0.3, -0.25) is 4.79 Å². The number of fused-ring (bicyclic) bond motifs is 1. The summed E-state index contributed by atoms with van der Waals surface area (Å²) in [5.41, 5.74) is 0.742. The van der Waals surface area contributed by atoms with Crippen molar-refractivity contribution in [1.29, 1.82) is 5.26 Å². The summed E-state index contributed by atoms with van der Waals surface area (Å²) in [4.78, 5) is 12.8. The second-order valence-corrected chi connectivity index (χ2v) is 9.95. The Hall–Kier alpha value is -1.64. The summed E-state index contributed by atoms with van der Waals surface area (Å²) < 4.78 is 6.12. The van der Waals surface area contributed by atoms with E-state index in [1.54, 1.807) is 0 Å². The highest BCUT2D eigenvalue weighted by Crippen LogP contribution is 2.45. The van der Waals surface area contributed by atoms with E-state index < -0.39 is 17.6 Å². The Morgan fingerprint density at radius 3 is 2.67 bits per heavy atom. The molecule has 168 valence electrons. The maximum Gasteiger partial charge on any atom is 0.311 e. The molecular formula is C25H39NO4. The van der Waals surface area contributed by atoms with Crippen LogP contribution in [0.15, 0.2) is 23.8 Å². The molecule has 2 N–H and O–H groups in total. The maximum atomic E-state index is 12.8. The van der Waals surface area contributed by atoms with Crippen LogP contribution in [0.3, 0.4) is 0 Å². The Kier molecular flexibility index (Phi) is 8.70. The fourth-order valence-corrected chi connectivity index (χ4v) is 4.67. The lowest BCUT2D eigenvalue weighted by molar-refractivity contribution is -0.164. The van der Waals surface area contributed by atoms with Gasteiger partial charge in [-0.15, -0.1) is 0 Å². The summed E-state index contributed by atoms with van der Waals surface area (Å²) in [5.74, 6) is 0.929. The van der Waals surface area contributed by atoms with Crippen LogP contribution < -0.4 is 0 Å². The van der Waals surface area contributed by atoms with Crippen molar-refractivity contribution in [3.05, 3.63) is 23.8 Å². The standard InChI is InChI=1S/C25H39NO4/c1-6-25(4,5)24(29)30-22-14-16(2)13-18-8-7-17(3)21(23(18)22)10-9-19(27)15-20(28)11-12-26/h7-8,13,16-17,19-23,27-28H,6,9-11,14-15H2,1-5H3/t16-,17-,19+,20-,21-,22-,23-/m0/s1. The molecule has 7 atom stereocenters. The number of nitriles is 1. The van der Waals surface area contributed by atoms with Crippen LogP contribution in [0, 0.1) is 40.4 Å². The number of nitrogens with zero attached hydrogens (tertiary/aromatic N) is 1. The van der Waals surface area contributed by atoms with E-state index >= 15 is 0 Å². The minimum Gasteiger partial charge on any atom is -0.461 e. The molecular weight excluding hydrogens is 378 g/mol. The monoisotopic (exact) mass is 417 g/mol. The fraction of sp³-hybridized carbons (Fsp3) is 0.760. The molecule has 0 aromatic carbocycles. The Balaban J connectivity index is 2.15. The topological polar surface area (TPSA) is 90.6 Å². The predicted octanol–water partition coefficient (Wildman–Crippen LogP) is 4.54. The van der Waals surface area contributed by atoms with E-state index in [0.29, 0.717) is 18.3 Å². The SMILES string of the molecule is CCC(C)(C)C(=O)O[C@H]1C[C@@H](C)C=C2C=C[C@H](C)[C@H](CC[C@@H](O)C[C@@H](O)CC#N)[C@H]21. The van der Waals surface area contributed by atoms with E-state index in [0.717, 1.165) is 19.3 Å². The zero-order chi connectivity index (χ0) is 22.5. The van der Waals surface area contributed by atoms with Crippen molar-refractivity contribution in [2.24, 2.45) is 29.1 Å². The number of allylic oxidation sites excluding steroid dienone is 3. The van der Waals surface area contributed by atoms with Crippen LogP contribution >= 0.6 is 0 Å². The van der Waals surface area contributed by atoms with Gasteiger partial charge in [0.05, 0.1) is 30.1 Å². The molecule has 0 fully saturated rings. The minimum absolute atomic E-state index is 0.0399. The zero-order valence-corrected chi connectivity index (χ0v) is 19.2. The van der Waals surface area contributed by atoms with Gasteiger partial charge in [-0.05, 0) is 62.9 Å². The van der Waals surface area contributed by atoms with Crippen LogP contribution in [-0.4, -0.2) is 34.5 Å². The first-order valence-corrected chi connectivity index (χ1v) is 11.4. The van der Waals surface area contributed by atoms with Crippen LogP contribution in [0.5, 0.6) is 0 Å². The molecule has 0 bridgehead atoms. The normalized spacial score (nSPS) is 30.6. The number of carbonyl (C=O) groups is 1. The molecule has 0 spiro atoms. The van der Waals surface area contributed by atoms with Crippen LogP contribution in [0.1, 0.15) is 73.1 Å². The first-order valence-electron chi connectivity index (χ1n) is 11.4. The number of hydrogen-bond acceptors (Lipinski definition) is 5. The molecule has 0 amide bonds. The highest BCUT2D eigenvalue weighted by Gasteiger charge is 2.42. The highest BCUT2D eigenvalue weighted by atomic mass is 16.5. The van der Waals surface area contributed by atoms with E-state index in [1.165, 1.54) is 5.57 Å². The first kappa shape index (κ1) is 24.6. The molecule has 0 aromatic heterocycles. The molecule has 2 rings (SSSR count).